The zero-order valence-electron chi connectivity index (χ0n) is 22.5. The molecule has 1 atom stereocenters. The van der Waals surface area contributed by atoms with E-state index in [2.05, 4.69) is 23.0 Å². The lowest BCUT2D eigenvalue weighted by Gasteiger charge is -2.44. The number of para-hydroxylation sites is 1. The molecule has 1 spiro atoms. The number of aromatic amines is 1. The van der Waals surface area contributed by atoms with Gasteiger partial charge in [0.25, 0.3) is 11.8 Å². The molecule has 1 aromatic heterocycles. The van der Waals surface area contributed by atoms with Crippen molar-refractivity contribution in [1.29, 1.82) is 0 Å². The van der Waals surface area contributed by atoms with Gasteiger partial charge in [0, 0.05) is 18.7 Å². The van der Waals surface area contributed by atoms with Gasteiger partial charge < -0.3 is 24.3 Å². The first-order valence-corrected chi connectivity index (χ1v) is 13.9. The minimum absolute atomic E-state index is 0.0273. The minimum atomic E-state index is -1.05. The summed E-state index contributed by atoms with van der Waals surface area (Å²) in [7, 11) is 0. The van der Waals surface area contributed by atoms with Gasteiger partial charge in [-0.15, -0.1) is 0 Å². The molecular formula is C30H38N4O4. The number of rotatable bonds is 4. The van der Waals surface area contributed by atoms with Crippen LogP contribution in [0.4, 0.5) is 0 Å². The fourth-order valence-electron chi connectivity index (χ4n) is 5.59. The average molecular weight is 519 g/mol. The van der Waals surface area contributed by atoms with Gasteiger partial charge in [0.15, 0.2) is 5.60 Å². The smallest absolute Gasteiger partial charge is 0.256 e. The number of carbonyl (C=O) groups excluding carboxylic acids is 2. The van der Waals surface area contributed by atoms with Gasteiger partial charge in [-0.1, -0.05) is 31.5 Å². The SMILES string of the molecule is CCCCN1CCOc2ccccc2CCCCC2(CN(C(=O)c3ccc4nc(C)[nH]c4c3)CCO2)C1=O. The lowest BCUT2D eigenvalue weighted by molar-refractivity contribution is -0.170. The van der Waals surface area contributed by atoms with Crippen molar-refractivity contribution in [3.8, 4) is 5.75 Å². The molecule has 1 N–H and O–H groups in total. The van der Waals surface area contributed by atoms with Crippen molar-refractivity contribution >= 4 is 22.8 Å². The van der Waals surface area contributed by atoms with Crippen LogP contribution in [0.3, 0.4) is 0 Å². The number of fused-ring (bicyclic) bond motifs is 2. The summed E-state index contributed by atoms with van der Waals surface area (Å²) in [5, 5.41) is 0. The number of ether oxygens (including phenoxy) is 2. The topological polar surface area (TPSA) is 87.8 Å². The molecule has 0 radical (unpaired) electrons. The summed E-state index contributed by atoms with van der Waals surface area (Å²) < 4.78 is 12.5. The van der Waals surface area contributed by atoms with E-state index >= 15 is 0 Å². The molecule has 8 nitrogen and oxygen atoms in total. The molecule has 2 aliphatic heterocycles. The Labute approximate surface area is 224 Å². The molecule has 8 heteroatoms. The summed E-state index contributed by atoms with van der Waals surface area (Å²) in [6, 6.07) is 13.7. The monoisotopic (exact) mass is 518 g/mol. The Bertz CT molecular complexity index is 1290. The number of amides is 2. The second-order valence-electron chi connectivity index (χ2n) is 10.4. The fraction of sp³-hybridized carbons (Fsp3) is 0.500. The Kier molecular flexibility index (Phi) is 7.98. The van der Waals surface area contributed by atoms with Crippen LogP contribution in [0.5, 0.6) is 5.75 Å². The molecule has 202 valence electrons. The lowest BCUT2D eigenvalue weighted by Crippen LogP contribution is -2.62. The second kappa shape index (κ2) is 11.6. The molecule has 0 bridgehead atoms. The number of nitrogens with zero attached hydrogens (tertiary/aromatic N) is 3. The quantitative estimate of drug-likeness (QED) is 0.549. The van der Waals surface area contributed by atoms with E-state index in [1.165, 1.54) is 5.56 Å². The van der Waals surface area contributed by atoms with E-state index in [-0.39, 0.29) is 18.4 Å². The maximum atomic E-state index is 14.2. The highest BCUT2D eigenvalue weighted by atomic mass is 16.5. The summed E-state index contributed by atoms with van der Waals surface area (Å²) in [5.41, 5.74) is 2.41. The van der Waals surface area contributed by atoms with E-state index < -0.39 is 5.60 Å². The first-order chi connectivity index (χ1) is 18.5. The molecule has 2 aliphatic rings. The maximum Gasteiger partial charge on any atom is 0.256 e. The summed E-state index contributed by atoms with van der Waals surface area (Å²) >= 11 is 0. The summed E-state index contributed by atoms with van der Waals surface area (Å²) in [4.78, 5) is 39.1. The molecule has 38 heavy (non-hydrogen) atoms. The highest BCUT2D eigenvalue weighted by Gasteiger charge is 2.46. The molecule has 5 rings (SSSR count). The van der Waals surface area contributed by atoms with Crippen LogP contribution in [-0.2, 0) is 16.0 Å². The normalized spacial score (nSPS) is 21.1. The van der Waals surface area contributed by atoms with Crippen molar-refractivity contribution in [2.24, 2.45) is 0 Å². The molecule has 1 unspecified atom stereocenters. The molecule has 1 fully saturated rings. The van der Waals surface area contributed by atoms with Gasteiger partial charge in [0.1, 0.15) is 18.2 Å². The molecule has 0 saturated carbocycles. The van der Waals surface area contributed by atoms with Gasteiger partial charge in [0.2, 0.25) is 0 Å². The van der Waals surface area contributed by atoms with Crippen LogP contribution in [0.2, 0.25) is 0 Å². The van der Waals surface area contributed by atoms with Gasteiger partial charge in [-0.2, -0.15) is 0 Å². The number of morpholine rings is 1. The zero-order chi connectivity index (χ0) is 26.5. The maximum absolute atomic E-state index is 14.2. The Morgan fingerprint density at radius 3 is 2.87 bits per heavy atom. The highest BCUT2D eigenvalue weighted by molar-refractivity contribution is 5.98. The Morgan fingerprint density at radius 2 is 2.00 bits per heavy atom. The van der Waals surface area contributed by atoms with E-state index in [0.29, 0.717) is 44.8 Å². The average Bonchev–Trinajstić information content (AvgIpc) is 3.31. The first kappa shape index (κ1) is 26.2. The van der Waals surface area contributed by atoms with Crippen molar-refractivity contribution in [3.05, 3.63) is 59.4 Å². The Morgan fingerprint density at radius 1 is 1.13 bits per heavy atom. The lowest BCUT2D eigenvalue weighted by atomic mass is 9.90. The Hall–Kier alpha value is -3.39. The van der Waals surface area contributed by atoms with Gasteiger partial charge in [-0.05, 0) is 68.9 Å². The fourth-order valence-corrected chi connectivity index (χ4v) is 5.59. The molecule has 3 heterocycles. The number of hydrogen-bond donors (Lipinski definition) is 1. The molecule has 2 aromatic carbocycles. The van der Waals surface area contributed by atoms with Crippen LogP contribution >= 0.6 is 0 Å². The largest absolute Gasteiger partial charge is 0.491 e. The van der Waals surface area contributed by atoms with Gasteiger partial charge in [-0.25, -0.2) is 4.98 Å². The van der Waals surface area contributed by atoms with Crippen LogP contribution in [0.1, 0.15) is 60.8 Å². The van der Waals surface area contributed by atoms with Crippen LogP contribution in [0.25, 0.3) is 11.0 Å². The Balaban J connectivity index is 1.40. The van der Waals surface area contributed by atoms with Crippen molar-refractivity contribution in [2.45, 2.75) is 58.0 Å². The number of nitrogens with one attached hydrogen (secondary N) is 1. The standard InChI is InChI=1S/C30H38N4O4/c1-3-4-15-33-16-18-37-27-11-6-5-9-23(27)10-7-8-14-30(29(33)36)21-34(17-19-38-30)28(35)24-12-13-25-26(20-24)32-22(2)31-25/h5-6,9,11-13,20H,3-4,7-8,10,14-19,21H2,1-2H3,(H,31,32). The third-order valence-electron chi connectivity index (χ3n) is 7.65. The summed E-state index contributed by atoms with van der Waals surface area (Å²) in [6.07, 6.45) is 5.10. The van der Waals surface area contributed by atoms with Gasteiger partial charge in [-0.3, -0.25) is 9.59 Å². The van der Waals surface area contributed by atoms with Crippen LogP contribution in [-0.4, -0.2) is 76.6 Å². The summed E-state index contributed by atoms with van der Waals surface area (Å²) in [6.45, 7) is 6.63. The van der Waals surface area contributed by atoms with Crippen LogP contribution < -0.4 is 4.74 Å². The van der Waals surface area contributed by atoms with Gasteiger partial charge in [0.05, 0.1) is 30.7 Å². The van der Waals surface area contributed by atoms with Gasteiger partial charge >= 0.3 is 0 Å². The number of aryl methyl sites for hydroxylation is 2. The number of hydrogen-bond acceptors (Lipinski definition) is 5. The van der Waals surface area contributed by atoms with Crippen molar-refractivity contribution in [1.82, 2.24) is 19.8 Å². The molecule has 3 aromatic rings. The van der Waals surface area contributed by atoms with E-state index in [0.717, 1.165) is 54.7 Å². The van der Waals surface area contributed by atoms with Crippen molar-refractivity contribution in [2.75, 3.05) is 39.4 Å². The number of H-pyrrole nitrogens is 1. The second-order valence-corrected chi connectivity index (χ2v) is 10.4. The third-order valence-corrected chi connectivity index (χ3v) is 7.65. The zero-order valence-corrected chi connectivity index (χ0v) is 22.5. The molecular weight excluding hydrogens is 480 g/mol. The van der Waals surface area contributed by atoms with Crippen molar-refractivity contribution < 1.29 is 19.1 Å². The number of carbonyl (C=O) groups is 2. The molecule has 0 aliphatic carbocycles. The van der Waals surface area contributed by atoms with Crippen LogP contribution in [0.15, 0.2) is 42.5 Å². The summed E-state index contributed by atoms with van der Waals surface area (Å²) in [5.74, 6) is 1.60. The molecule has 1 saturated heterocycles. The highest BCUT2D eigenvalue weighted by Crippen LogP contribution is 2.30. The molecule has 2 amide bonds. The number of aromatic nitrogens is 2. The predicted molar refractivity (Wildman–Crippen MR) is 146 cm³/mol. The number of benzene rings is 2. The minimum Gasteiger partial charge on any atom is -0.491 e. The van der Waals surface area contributed by atoms with E-state index in [1.807, 2.05) is 48.2 Å². The van der Waals surface area contributed by atoms with E-state index in [4.69, 9.17) is 9.47 Å². The van der Waals surface area contributed by atoms with E-state index in [1.54, 1.807) is 4.90 Å². The van der Waals surface area contributed by atoms with Crippen LogP contribution in [0, 0.1) is 6.92 Å². The predicted octanol–water partition coefficient (Wildman–Crippen LogP) is 4.52. The first-order valence-electron chi connectivity index (χ1n) is 13.9. The number of imidazole rings is 1. The third kappa shape index (κ3) is 5.55. The van der Waals surface area contributed by atoms with Crippen molar-refractivity contribution in [3.63, 3.8) is 0 Å². The van der Waals surface area contributed by atoms with E-state index in [9.17, 15) is 9.59 Å². The number of unbranched alkanes of at least 4 members (excludes halogenated alkanes) is 1.